The Morgan fingerprint density at radius 3 is 2.50 bits per heavy atom. The number of hydrogen-bond donors (Lipinski definition) is 1. The van der Waals surface area contributed by atoms with Gasteiger partial charge < -0.3 is 9.84 Å². The summed E-state index contributed by atoms with van der Waals surface area (Å²) in [4.78, 5) is 10.8. The van der Waals surface area contributed by atoms with E-state index in [1.807, 2.05) is 12.1 Å². The Balaban J connectivity index is 2.20. The van der Waals surface area contributed by atoms with Crippen molar-refractivity contribution in [1.82, 2.24) is 0 Å². The van der Waals surface area contributed by atoms with Crippen LogP contribution in [0.15, 0.2) is 24.3 Å². The number of aromatic carboxylic acids is 1. The Kier molecular flexibility index (Phi) is 7.97. The summed E-state index contributed by atoms with van der Waals surface area (Å²) in [6.07, 6.45) is 7.09. The van der Waals surface area contributed by atoms with E-state index >= 15 is 0 Å². The Bertz CT molecular complexity index is 384. The first-order valence-electron chi connectivity index (χ1n) is 7.57. The number of rotatable bonds is 10. The van der Waals surface area contributed by atoms with Crippen LogP contribution in [0.25, 0.3) is 0 Å². The fourth-order valence-electron chi connectivity index (χ4n) is 2.08. The third-order valence-electron chi connectivity index (χ3n) is 3.44. The van der Waals surface area contributed by atoms with Crippen LogP contribution >= 0.6 is 0 Å². The van der Waals surface area contributed by atoms with E-state index in [4.69, 9.17) is 9.84 Å². The van der Waals surface area contributed by atoms with Crippen LogP contribution in [-0.4, -0.2) is 23.8 Å². The molecule has 0 aliphatic carbocycles. The standard InChI is InChI=1S/C17H26O3/c1-3-4-5-6-13-20-14(2)7-8-15-9-11-16(12-10-15)17(18)19/h9-12,14H,3-8,13H2,1-2H3,(H,18,19). The molecular formula is C17H26O3. The number of ether oxygens (including phenoxy) is 1. The molecule has 0 spiro atoms. The lowest BCUT2D eigenvalue weighted by Gasteiger charge is -2.13. The van der Waals surface area contributed by atoms with E-state index in [-0.39, 0.29) is 6.10 Å². The molecule has 0 heterocycles. The largest absolute Gasteiger partial charge is 0.478 e. The minimum Gasteiger partial charge on any atom is -0.478 e. The van der Waals surface area contributed by atoms with E-state index in [0.29, 0.717) is 5.56 Å². The quantitative estimate of drug-likeness (QED) is 0.649. The first-order chi connectivity index (χ1) is 9.63. The molecule has 1 rings (SSSR count). The van der Waals surface area contributed by atoms with Crippen LogP contribution in [0.2, 0.25) is 0 Å². The van der Waals surface area contributed by atoms with Crippen LogP contribution in [0, 0.1) is 0 Å². The van der Waals surface area contributed by atoms with Crippen molar-refractivity contribution in [1.29, 1.82) is 0 Å². The molecule has 0 saturated heterocycles. The van der Waals surface area contributed by atoms with E-state index in [1.54, 1.807) is 12.1 Å². The van der Waals surface area contributed by atoms with E-state index < -0.39 is 5.97 Å². The zero-order valence-corrected chi connectivity index (χ0v) is 12.6. The van der Waals surface area contributed by atoms with Crippen molar-refractivity contribution in [3.05, 3.63) is 35.4 Å². The van der Waals surface area contributed by atoms with E-state index in [1.165, 1.54) is 19.3 Å². The summed E-state index contributed by atoms with van der Waals surface area (Å²) >= 11 is 0. The highest BCUT2D eigenvalue weighted by Crippen LogP contribution is 2.10. The molecule has 1 unspecified atom stereocenters. The lowest BCUT2D eigenvalue weighted by atomic mass is 10.1. The molecule has 0 aliphatic rings. The number of carbonyl (C=O) groups is 1. The van der Waals surface area contributed by atoms with Gasteiger partial charge in [0.05, 0.1) is 11.7 Å². The molecule has 20 heavy (non-hydrogen) atoms. The monoisotopic (exact) mass is 278 g/mol. The predicted molar refractivity (Wildman–Crippen MR) is 81.3 cm³/mol. The van der Waals surface area contributed by atoms with Gasteiger partial charge in [-0.15, -0.1) is 0 Å². The highest BCUT2D eigenvalue weighted by Gasteiger charge is 2.05. The fraction of sp³-hybridized carbons (Fsp3) is 0.588. The van der Waals surface area contributed by atoms with Crippen molar-refractivity contribution in [3.63, 3.8) is 0 Å². The molecule has 0 aromatic heterocycles. The molecule has 0 radical (unpaired) electrons. The summed E-state index contributed by atoms with van der Waals surface area (Å²) in [6.45, 7) is 5.16. The molecule has 0 saturated carbocycles. The maximum Gasteiger partial charge on any atom is 0.335 e. The molecule has 112 valence electrons. The van der Waals surface area contributed by atoms with Gasteiger partial charge in [0.2, 0.25) is 0 Å². The van der Waals surface area contributed by atoms with Crippen LogP contribution in [-0.2, 0) is 11.2 Å². The van der Waals surface area contributed by atoms with Gasteiger partial charge in [0.25, 0.3) is 0 Å². The number of aryl methyl sites for hydroxylation is 1. The number of carboxylic acids is 1. The zero-order chi connectivity index (χ0) is 14.8. The minimum absolute atomic E-state index is 0.260. The topological polar surface area (TPSA) is 46.5 Å². The maximum atomic E-state index is 10.8. The summed E-state index contributed by atoms with van der Waals surface area (Å²) in [7, 11) is 0. The highest BCUT2D eigenvalue weighted by molar-refractivity contribution is 5.87. The zero-order valence-electron chi connectivity index (χ0n) is 12.6. The third-order valence-corrected chi connectivity index (χ3v) is 3.44. The molecule has 3 nitrogen and oxygen atoms in total. The average molecular weight is 278 g/mol. The van der Waals surface area contributed by atoms with Gasteiger partial charge in [-0.1, -0.05) is 38.3 Å². The molecule has 1 aromatic rings. The molecule has 3 heteroatoms. The predicted octanol–water partition coefficient (Wildman–Crippen LogP) is 4.30. The second-order valence-electron chi connectivity index (χ2n) is 5.28. The maximum absolute atomic E-state index is 10.8. The van der Waals surface area contributed by atoms with Gasteiger partial charge in [-0.2, -0.15) is 0 Å². The van der Waals surface area contributed by atoms with Crippen LogP contribution in [0.5, 0.6) is 0 Å². The molecule has 1 atom stereocenters. The van der Waals surface area contributed by atoms with E-state index in [0.717, 1.165) is 31.4 Å². The van der Waals surface area contributed by atoms with Gasteiger partial charge in [0, 0.05) is 6.61 Å². The number of unbranched alkanes of at least 4 members (excludes halogenated alkanes) is 3. The third kappa shape index (κ3) is 6.71. The summed E-state index contributed by atoms with van der Waals surface area (Å²) in [5, 5.41) is 8.83. The first kappa shape index (κ1) is 16.7. The van der Waals surface area contributed by atoms with Gasteiger partial charge in [0.1, 0.15) is 0 Å². The lowest BCUT2D eigenvalue weighted by molar-refractivity contribution is 0.0577. The molecule has 0 amide bonds. The Hall–Kier alpha value is -1.35. The van der Waals surface area contributed by atoms with Gasteiger partial charge in [0.15, 0.2) is 0 Å². The van der Waals surface area contributed by atoms with Crippen molar-refractivity contribution in [3.8, 4) is 0 Å². The normalized spacial score (nSPS) is 12.3. The summed E-state index contributed by atoms with van der Waals surface area (Å²) in [5.74, 6) is -0.875. The van der Waals surface area contributed by atoms with E-state index in [2.05, 4.69) is 13.8 Å². The number of carboxylic acid groups (broad SMARTS) is 1. The lowest BCUT2D eigenvalue weighted by Crippen LogP contribution is -2.10. The van der Waals surface area contributed by atoms with Crippen molar-refractivity contribution >= 4 is 5.97 Å². The van der Waals surface area contributed by atoms with Crippen LogP contribution in [0.1, 0.15) is 61.9 Å². The summed E-state index contributed by atoms with van der Waals surface area (Å²) in [6, 6.07) is 7.09. The fourth-order valence-corrected chi connectivity index (χ4v) is 2.08. The molecule has 1 aromatic carbocycles. The molecule has 0 fully saturated rings. The van der Waals surface area contributed by atoms with Crippen molar-refractivity contribution in [2.75, 3.05) is 6.61 Å². The molecule has 0 aliphatic heterocycles. The average Bonchev–Trinajstić information content (AvgIpc) is 2.45. The van der Waals surface area contributed by atoms with Gasteiger partial charge in [-0.3, -0.25) is 0 Å². The summed E-state index contributed by atoms with van der Waals surface area (Å²) < 4.78 is 5.78. The van der Waals surface area contributed by atoms with E-state index in [9.17, 15) is 4.79 Å². The van der Waals surface area contributed by atoms with Crippen LogP contribution in [0.4, 0.5) is 0 Å². The SMILES string of the molecule is CCCCCCOC(C)CCc1ccc(C(=O)O)cc1. The Labute approximate surface area is 122 Å². The van der Waals surface area contributed by atoms with Crippen molar-refractivity contribution in [2.24, 2.45) is 0 Å². The van der Waals surface area contributed by atoms with Gasteiger partial charge in [-0.05, 0) is 43.9 Å². The molecule has 1 N–H and O–H groups in total. The smallest absolute Gasteiger partial charge is 0.335 e. The molecular weight excluding hydrogens is 252 g/mol. The molecule has 0 bridgehead atoms. The van der Waals surface area contributed by atoms with Gasteiger partial charge >= 0.3 is 5.97 Å². The second kappa shape index (κ2) is 9.54. The summed E-state index contributed by atoms with van der Waals surface area (Å²) in [5.41, 5.74) is 1.51. The van der Waals surface area contributed by atoms with Crippen LogP contribution in [0.3, 0.4) is 0 Å². The first-order valence-corrected chi connectivity index (χ1v) is 7.57. The van der Waals surface area contributed by atoms with Gasteiger partial charge in [-0.25, -0.2) is 4.79 Å². The number of benzene rings is 1. The van der Waals surface area contributed by atoms with Crippen molar-refractivity contribution < 1.29 is 14.6 Å². The highest BCUT2D eigenvalue weighted by atomic mass is 16.5. The van der Waals surface area contributed by atoms with Crippen molar-refractivity contribution in [2.45, 2.75) is 58.5 Å². The number of hydrogen-bond acceptors (Lipinski definition) is 2. The van der Waals surface area contributed by atoms with Crippen LogP contribution < -0.4 is 0 Å². The Morgan fingerprint density at radius 2 is 1.90 bits per heavy atom. The minimum atomic E-state index is -0.875. The Morgan fingerprint density at radius 1 is 1.20 bits per heavy atom. The second-order valence-corrected chi connectivity index (χ2v) is 5.28.